The van der Waals surface area contributed by atoms with Crippen LogP contribution in [-0.2, 0) is 6.54 Å². The number of imidazole rings is 1. The third-order valence-electron chi connectivity index (χ3n) is 4.30. The number of fused-ring (bicyclic) bond motifs is 1. The first-order chi connectivity index (χ1) is 13.2. The number of pyridine rings is 1. The van der Waals surface area contributed by atoms with Crippen molar-refractivity contribution in [2.24, 2.45) is 0 Å². The van der Waals surface area contributed by atoms with Crippen molar-refractivity contribution in [1.29, 1.82) is 0 Å². The number of hydrogen-bond donors (Lipinski definition) is 1. The molecule has 0 saturated carbocycles. The molecule has 0 amide bonds. The van der Waals surface area contributed by atoms with Crippen LogP contribution in [0.1, 0.15) is 5.56 Å². The first-order valence-electron chi connectivity index (χ1n) is 8.34. The lowest BCUT2D eigenvalue weighted by atomic mass is 10.1. The van der Waals surface area contributed by atoms with E-state index in [1.807, 2.05) is 41.4 Å². The number of H-pyrrole nitrogens is 1. The van der Waals surface area contributed by atoms with E-state index in [4.69, 9.17) is 14.5 Å². The third kappa shape index (κ3) is 3.23. The fourth-order valence-corrected chi connectivity index (χ4v) is 3.54. The summed E-state index contributed by atoms with van der Waals surface area (Å²) in [5.41, 5.74) is 3.56. The summed E-state index contributed by atoms with van der Waals surface area (Å²) in [6.45, 7) is 0.605. The zero-order chi connectivity index (χ0) is 18.8. The number of methoxy groups -OCH3 is 2. The van der Waals surface area contributed by atoms with Gasteiger partial charge < -0.3 is 14.5 Å². The topological polar surface area (TPSA) is 77.9 Å². The van der Waals surface area contributed by atoms with E-state index in [2.05, 4.69) is 15.1 Å². The number of nitrogens with zero attached hydrogens (tertiary/aromatic N) is 4. The summed E-state index contributed by atoms with van der Waals surface area (Å²) in [7, 11) is 3.32. The molecule has 3 aromatic heterocycles. The van der Waals surface area contributed by atoms with E-state index in [9.17, 15) is 0 Å². The molecule has 0 spiro atoms. The van der Waals surface area contributed by atoms with E-state index >= 15 is 0 Å². The van der Waals surface area contributed by atoms with Gasteiger partial charge in [-0.15, -0.1) is 11.8 Å². The molecule has 8 heteroatoms. The molecule has 27 heavy (non-hydrogen) atoms. The second-order valence-electron chi connectivity index (χ2n) is 5.89. The Morgan fingerprint density at radius 2 is 2.00 bits per heavy atom. The molecule has 0 aliphatic carbocycles. The Hall–Kier alpha value is -3.00. The molecular weight excluding hydrogens is 362 g/mol. The van der Waals surface area contributed by atoms with Gasteiger partial charge in [0.2, 0.25) is 0 Å². The summed E-state index contributed by atoms with van der Waals surface area (Å²) in [5.74, 6) is 2.24. The van der Waals surface area contributed by atoms with Crippen molar-refractivity contribution < 1.29 is 9.47 Å². The molecule has 0 radical (unpaired) electrons. The molecule has 0 fully saturated rings. The Morgan fingerprint density at radius 3 is 2.70 bits per heavy atom. The molecule has 7 nitrogen and oxygen atoms in total. The average Bonchev–Trinajstić information content (AvgIpc) is 3.29. The predicted octanol–water partition coefficient (Wildman–Crippen LogP) is 3.61. The first-order valence-corrected chi connectivity index (χ1v) is 9.56. The lowest BCUT2D eigenvalue weighted by molar-refractivity contribution is 0.395. The van der Waals surface area contributed by atoms with Gasteiger partial charge in [0.15, 0.2) is 5.65 Å². The number of aromatic nitrogens is 5. The molecule has 138 valence electrons. The number of ether oxygens (including phenoxy) is 2. The number of aromatic amines is 1. The van der Waals surface area contributed by atoms with Crippen molar-refractivity contribution in [3.8, 4) is 22.9 Å². The van der Waals surface area contributed by atoms with Crippen LogP contribution < -0.4 is 9.47 Å². The van der Waals surface area contributed by atoms with E-state index in [1.54, 1.807) is 38.4 Å². The van der Waals surface area contributed by atoms with Gasteiger partial charge in [-0.1, -0.05) is 6.07 Å². The number of benzene rings is 1. The lowest BCUT2D eigenvalue weighted by Gasteiger charge is -2.12. The van der Waals surface area contributed by atoms with Crippen molar-refractivity contribution in [3.63, 3.8) is 0 Å². The van der Waals surface area contributed by atoms with Gasteiger partial charge in [0.25, 0.3) is 0 Å². The van der Waals surface area contributed by atoms with Gasteiger partial charge in [-0.3, -0.25) is 4.98 Å². The standard InChI is InChI=1S/C19H19N5O2S/c1-25-15-8-17(27-3)16(26-2)7-13(15)18-22-14-10-21-24(19(14)23-18)11-12-5-4-6-20-9-12/h4-10H,11H2,1-3H3,(H,22,23). The molecule has 0 saturated heterocycles. The fourth-order valence-electron chi connectivity index (χ4n) is 2.97. The number of rotatable bonds is 6. The van der Waals surface area contributed by atoms with Gasteiger partial charge in [0.1, 0.15) is 22.8 Å². The summed E-state index contributed by atoms with van der Waals surface area (Å²) in [6, 6.07) is 7.84. The van der Waals surface area contributed by atoms with Crippen LogP contribution in [0.2, 0.25) is 0 Å². The van der Waals surface area contributed by atoms with Gasteiger partial charge >= 0.3 is 0 Å². The Morgan fingerprint density at radius 1 is 1.15 bits per heavy atom. The number of thioether (sulfide) groups is 1. The van der Waals surface area contributed by atoms with E-state index in [1.165, 1.54) is 0 Å². The molecule has 0 bridgehead atoms. The molecule has 4 aromatic rings. The van der Waals surface area contributed by atoms with E-state index in [-0.39, 0.29) is 0 Å². The maximum atomic E-state index is 5.58. The largest absolute Gasteiger partial charge is 0.496 e. The maximum Gasteiger partial charge on any atom is 0.177 e. The van der Waals surface area contributed by atoms with Crippen molar-refractivity contribution in [1.82, 2.24) is 24.7 Å². The quantitative estimate of drug-likeness (QED) is 0.514. The monoisotopic (exact) mass is 381 g/mol. The van der Waals surface area contributed by atoms with Gasteiger partial charge in [0, 0.05) is 12.4 Å². The normalized spacial score (nSPS) is 11.1. The van der Waals surface area contributed by atoms with Crippen LogP contribution in [0.15, 0.2) is 47.8 Å². The Bertz CT molecular complexity index is 1070. The molecule has 0 atom stereocenters. The summed E-state index contributed by atoms with van der Waals surface area (Å²) in [6.07, 6.45) is 7.37. The third-order valence-corrected chi connectivity index (χ3v) is 5.06. The molecule has 0 aliphatic heterocycles. The van der Waals surface area contributed by atoms with Crippen molar-refractivity contribution in [2.45, 2.75) is 11.4 Å². The molecular formula is C19H19N5O2S. The fraction of sp³-hybridized carbons (Fsp3) is 0.211. The van der Waals surface area contributed by atoms with Crippen LogP contribution in [0.5, 0.6) is 11.5 Å². The van der Waals surface area contributed by atoms with Crippen LogP contribution in [0.25, 0.3) is 22.6 Å². The average molecular weight is 381 g/mol. The minimum Gasteiger partial charge on any atom is -0.496 e. The van der Waals surface area contributed by atoms with Gasteiger partial charge in [-0.25, -0.2) is 9.67 Å². The van der Waals surface area contributed by atoms with Crippen LogP contribution in [0, 0.1) is 0 Å². The van der Waals surface area contributed by atoms with Gasteiger partial charge in [0.05, 0.1) is 37.4 Å². The van der Waals surface area contributed by atoms with E-state index in [0.717, 1.165) is 38.7 Å². The van der Waals surface area contributed by atoms with Crippen LogP contribution in [0.3, 0.4) is 0 Å². The highest BCUT2D eigenvalue weighted by Gasteiger charge is 2.17. The van der Waals surface area contributed by atoms with Gasteiger partial charge in [-0.2, -0.15) is 5.10 Å². The smallest absolute Gasteiger partial charge is 0.177 e. The highest BCUT2D eigenvalue weighted by atomic mass is 32.2. The van der Waals surface area contributed by atoms with E-state index in [0.29, 0.717) is 12.4 Å². The second kappa shape index (κ2) is 7.32. The molecule has 0 unspecified atom stereocenters. The SMILES string of the molecule is COc1cc(-c2nc3c(cnn3Cc3cccnc3)[nH]2)c(OC)cc1SC. The van der Waals surface area contributed by atoms with Crippen molar-refractivity contribution in [2.75, 3.05) is 20.5 Å². The number of hydrogen-bond acceptors (Lipinski definition) is 6. The minimum absolute atomic E-state index is 0.605. The summed E-state index contributed by atoms with van der Waals surface area (Å²) >= 11 is 1.61. The second-order valence-corrected chi connectivity index (χ2v) is 6.74. The summed E-state index contributed by atoms with van der Waals surface area (Å²) in [4.78, 5) is 13.3. The van der Waals surface area contributed by atoms with E-state index < -0.39 is 0 Å². The summed E-state index contributed by atoms with van der Waals surface area (Å²) in [5, 5.41) is 4.42. The minimum atomic E-state index is 0.605. The van der Waals surface area contributed by atoms with Crippen molar-refractivity contribution >= 4 is 22.9 Å². The van der Waals surface area contributed by atoms with Crippen LogP contribution in [-0.4, -0.2) is 45.2 Å². The highest BCUT2D eigenvalue weighted by Crippen LogP contribution is 2.39. The lowest BCUT2D eigenvalue weighted by Crippen LogP contribution is -2.02. The first kappa shape index (κ1) is 17.4. The Kier molecular flexibility index (Phi) is 4.72. The molecule has 4 rings (SSSR count). The van der Waals surface area contributed by atoms with Crippen molar-refractivity contribution in [3.05, 3.63) is 48.4 Å². The zero-order valence-corrected chi connectivity index (χ0v) is 16.1. The Labute approximate surface area is 160 Å². The number of nitrogens with one attached hydrogen (secondary N) is 1. The zero-order valence-electron chi connectivity index (χ0n) is 15.3. The van der Waals surface area contributed by atoms with Gasteiger partial charge in [-0.05, 0) is 30.0 Å². The maximum absolute atomic E-state index is 5.58. The molecule has 1 N–H and O–H groups in total. The highest BCUT2D eigenvalue weighted by molar-refractivity contribution is 7.98. The van der Waals surface area contributed by atoms with Crippen LogP contribution >= 0.6 is 11.8 Å². The summed E-state index contributed by atoms with van der Waals surface area (Å²) < 4.78 is 12.9. The predicted molar refractivity (Wildman–Crippen MR) is 106 cm³/mol. The molecule has 3 heterocycles. The Balaban J connectivity index is 1.77. The van der Waals surface area contributed by atoms with Crippen LogP contribution in [0.4, 0.5) is 0 Å². The molecule has 0 aliphatic rings. The molecule has 1 aromatic carbocycles.